The van der Waals surface area contributed by atoms with Crippen LogP contribution in [-0.2, 0) is 10.0 Å². The van der Waals surface area contributed by atoms with Crippen LogP contribution in [0.4, 0.5) is 5.69 Å². The zero-order chi connectivity index (χ0) is 13.3. The molecule has 1 heterocycles. The molecule has 0 atom stereocenters. The van der Waals surface area contributed by atoms with Crippen LogP contribution in [0.1, 0.15) is 13.3 Å². The van der Waals surface area contributed by atoms with Gasteiger partial charge in [0.15, 0.2) is 0 Å². The maximum atomic E-state index is 12.3. The number of aromatic hydroxyl groups is 1. The monoisotopic (exact) mass is 268 g/mol. The van der Waals surface area contributed by atoms with Crippen molar-refractivity contribution in [3.05, 3.63) is 29.8 Å². The van der Waals surface area contributed by atoms with Gasteiger partial charge >= 0.3 is 0 Å². The maximum absolute atomic E-state index is 12.3. The molecule has 0 amide bonds. The average Bonchev–Trinajstić information content (AvgIpc) is 2.33. The van der Waals surface area contributed by atoms with Gasteiger partial charge in [0.1, 0.15) is 5.75 Å². The summed E-state index contributed by atoms with van der Waals surface area (Å²) in [5.74, 6) is -0.108. The van der Waals surface area contributed by atoms with E-state index in [4.69, 9.17) is 5.73 Å². The molecule has 1 aliphatic rings. The fourth-order valence-corrected chi connectivity index (χ4v) is 3.23. The lowest BCUT2D eigenvalue weighted by Crippen LogP contribution is -2.34. The van der Waals surface area contributed by atoms with E-state index >= 15 is 0 Å². The number of rotatable bonds is 2. The second-order valence-corrected chi connectivity index (χ2v) is 6.32. The number of nitrogen functional groups attached to an aromatic ring is 1. The summed E-state index contributed by atoms with van der Waals surface area (Å²) in [6.45, 7) is 2.85. The average molecular weight is 268 g/mol. The quantitative estimate of drug-likeness (QED) is 0.481. The molecule has 18 heavy (non-hydrogen) atoms. The van der Waals surface area contributed by atoms with Gasteiger partial charge in [-0.1, -0.05) is 11.6 Å². The summed E-state index contributed by atoms with van der Waals surface area (Å²) >= 11 is 0. The Labute approximate surface area is 107 Å². The Morgan fingerprint density at radius 2 is 2.11 bits per heavy atom. The summed E-state index contributed by atoms with van der Waals surface area (Å²) in [7, 11) is -3.53. The highest BCUT2D eigenvalue weighted by Gasteiger charge is 2.25. The minimum atomic E-state index is -3.53. The minimum absolute atomic E-state index is 0.0693. The second-order valence-electron chi connectivity index (χ2n) is 4.38. The first-order valence-corrected chi connectivity index (χ1v) is 7.09. The van der Waals surface area contributed by atoms with Gasteiger partial charge < -0.3 is 10.8 Å². The van der Waals surface area contributed by atoms with Crippen LogP contribution < -0.4 is 5.73 Å². The van der Waals surface area contributed by atoms with Crippen molar-refractivity contribution >= 4 is 15.7 Å². The second kappa shape index (κ2) is 4.62. The molecule has 0 aromatic heterocycles. The van der Waals surface area contributed by atoms with Crippen LogP contribution >= 0.6 is 0 Å². The van der Waals surface area contributed by atoms with Crippen molar-refractivity contribution in [1.82, 2.24) is 4.31 Å². The van der Waals surface area contributed by atoms with Gasteiger partial charge in [-0.05, 0) is 31.5 Å². The van der Waals surface area contributed by atoms with Crippen molar-refractivity contribution in [3.63, 3.8) is 0 Å². The lowest BCUT2D eigenvalue weighted by molar-refractivity contribution is 0.431. The number of sulfonamides is 1. The lowest BCUT2D eigenvalue weighted by atomic mass is 10.1. The van der Waals surface area contributed by atoms with Crippen molar-refractivity contribution in [1.29, 1.82) is 0 Å². The van der Waals surface area contributed by atoms with E-state index < -0.39 is 10.0 Å². The predicted molar refractivity (Wildman–Crippen MR) is 69.7 cm³/mol. The Balaban J connectivity index is 2.34. The van der Waals surface area contributed by atoms with Crippen LogP contribution in [0.3, 0.4) is 0 Å². The van der Waals surface area contributed by atoms with Crippen LogP contribution in [0.2, 0.25) is 0 Å². The summed E-state index contributed by atoms with van der Waals surface area (Å²) < 4.78 is 26.0. The topological polar surface area (TPSA) is 83.6 Å². The van der Waals surface area contributed by atoms with Gasteiger partial charge in [-0.2, -0.15) is 4.31 Å². The fourth-order valence-electron chi connectivity index (χ4n) is 1.81. The standard InChI is InChI=1S/C12H16N2O3S/c1-9-4-6-14(7-5-9)18(16,17)10-2-3-12(15)11(13)8-10/h2-4,8,15H,5-7,13H2,1H3. The van der Waals surface area contributed by atoms with Crippen LogP contribution in [0.25, 0.3) is 0 Å². The Bertz CT molecular complexity index is 593. The third-order valence-corrected chi connectivity index (χ3v) is 4.90. The Kier molecular flexibility index (Phi) is 3.32. The molecule has 0 bridgehead atoms. The van der Waals surface area contributed by atoms with Gasteiger partial charge in [-0.3, -0.25) is 0 Å². The van der Waals surface area contributed by atoms with Gasteiger partial charge in [0.2, 0.25) is 10.0 Å². The molecule has 6 heteroatoms. The molecule has 0 radical (unpaired) electrons. The van der Waals surface area contributed by atoms with E-state index in [-0.39, 0.29) is 16.3 Å². The van der Waals surface area contributed by atoms with E-state index in [9.17, 15) is 13.5 Å². The Hall–Kier alpha value is -1.53. The molecule has 0 saturated carbocycles. The zero-order valence-corrected chi connectivity index (χ0v) is 10.9. The van der Waals surface area contributed by atoms with Crippen LogP contribution in [0.5, 0.6) is 5.75 Å². The molecule has 5 nitrogen and oxygen atoms in total. The molecule has 1 aromatic rings. The number of anilines is 1. The van der Waals surface area contributed by atoms with Crippen LogP contribution in [-0.4, -0.2) is 30.9 Å². The lowest BCUT2D eigenvalue weighted by Gasteiger charge is -2.24. The number of phenolic OH excluding ortho intramolecular Hbond substituents is 1. The minimum Gasteiger partial charge on any atom is -0.506 e. The number of phenols is 1. The van der Waals surface area contributed by atoms with Gasteiger partial charge in [-0.15, -0.1) is 0 Å². The fraction of sp³-hybridized carbons (Fsp3) is 0.333. The molecule has 98 valence electrons. The molecule has 0 unspecified atom stereocenters. The largest absolute Gasteiger partial charge is 0.506 e. The van der Waals surface area contributed by atoms with Crippen LogP contribution in [0.15, 0.2) is 34.7 Å². The van der Waals surface area contributed by atoms with E-state index in [1.807, 2.05) is 13.0 Å². The van der Waals surface area contributed by atoms with E-state index in [0.29, 0.717) is 13.1 Å². The van der Waals surface area contributed by atoms with Gasteiger partial charge in [0, 0.05) is 13.1 Å². The van der Waals surface area contributed by atoms with Gasteiger partial charge in [0.05, 0.1) is 10.6 Å². The van der Waals surface area contributed by atoms with E-state index in [1.165, 1.54) is 28.1 Å². The molecular weight excluding hydrogens is 252 g/mol. The maximum Gasteiger partial charge on any atom is 0.243 e. The predicted octanol–water partition coefficient (Wildman–Crippen LogP) is 1.32. The van der Waals surface area contributed by atoms with Crippen molar-refractivity contribution in [2.75, 3.05) is 18.8 Å². The highest BCUT2D eigenvalue weighted by atomic mass is 32.2. The smallest absolute Gasteiger partial charge is 0.243 e. The SMILES string of the molecule is CC1=CCN(S(=O)(=O)c2ccc(O)c(N)c2)CC1. The molecule has 0 saturated heterocycles. The molecule has 3 N–H and O–H groups in total. The van der Waals surface area contributed by atoms with Gasteiger partial charge in [-0.25, -0.2) is 8.42 Å². The molecular formula is C12H16N2O3S. The first-order chi connectivity index (χ1) is 8.41. The van der Waals surface area contributed by atoms with Crippen molar-refractivity contribution in [2.45, 2.75) is 18.2 Å². The number of nitrogens with zero attached hydrogens (tertiary/aromatic N) is 1. The third kappa shape index (κ3) is 2.34. The third-order valence-electron chi connectivity index (χ3n) is 3.04. The van der Waals surface area contributed by atoms with E-state index in [1.54, 1.807) is 0 Å². The van der Waals surface area contributed by atoms with Crippen molar-refractivity contribution in [2.24, 2.45) is 0 Å². The summed E-state index contributed by atoms with van der Waals surface area (Å²) in [6.07, 6.45) is 2.65. The first-order valence-electron chi connectivity index (χ1n) is 5.65. The number of hydrogen-bond donors (Lipinski definition) is 2. The van der Waals surface area contributed by atoms with Crippen molar-refractivity contribution in [3.8, 4) is 5.75 Å². The Morgan fingerprint density at radius 1 is 1.39 bits per heavy atom. The summed E-state index contributed by atoms with van der Waals surface area (Å²) in [5, 5.41) is 9.31. The number of benzene rings is 1. The molecule has 2 rings (SSSR count). The van der Waals surface area contributed by atoms with Crippen molar-refractivity contribution < 1.29 is 13.5 Å². The highest BCUT2D eigenvalue weighted by molar-refractivity contribution is 7.89. The summed E-state index contributed by atoms with van der Waals surface area (Å²) in [5.41, 5.74) is 6.79. The number of hydrogen-bond acceptors (Lipinski definition) is 4. The van der Waals surface area contributed by atoms with E-state index in [2.05, 4.69) is 0 Å². The van der Waals surface area contributed by atoms with Crippen LogP contribution in [0, 0.1) is 0 Å². The molecule has 0 fully saturated rings. The van der Waals surface area contributed by atoms with E-state index in [0.717, 1.165) is 6.42 Å². The first kappa shape index (κ1) is 12.9. The summed E-state index contributed by atoms with van der Waals surface area (Å²) in [4.78, 5) is 0.116. The van der Waals surface area contributed by atoms with Gasteiger partial charge in [0.25, 0.3) is 0 Å². The molecule has 0 aliphatic carbocycles. The Morgan fingerprint density at radius 3 is 2.67 bits per heavy atom. The highest BCUT2D eigenvalue weighted by Crippen LogP contribution is 2.26. The number of nitrogens with two attached hydrogens (primary N) is 1. The normalized spacial score (nSPS) is 17.5. The zero-order valence-electron chi connectivity index (χ0n) is 10.1. The summed E-state index contributed by atoms with van der Waals surface area (Å²) in [6, 6.07) is 3.95. The molecule has 1 aliphatic heterocycles. The molecule has 1 aromatic carbocycles. The molecule has 0 spiro atoms.